The summed E-state index contributed by atoms with van der Waals surface area (Å²) in [4.78, 5) is 30.1. The van der Waals surface area contributed by atoms with Crippen molar-refractivity contribution in [3.05, 3.63) is 69.5 Å². The summed E-state index contributed by atoms with van der Waals surface area (Å²) in [5, 5.41) is 1.19. The molecule has 0 amide bonds. The van der Waals surface area contributed by atoms with Crippen LogP contribution in [0.2, 0.25) is 0 Å². The average molecular weight is 366 g/mol. The van der Waals surface area contributed by atoms with Crippen LogP contribution in [0.3, 0.4) is 0 Å². The largest absolute Gasteiger partial charge is 0.293 e. The highest BCUT2D eigenvalue weighted by Crippen LogP contribution is 2.22. The molecule has 0 saturated heterocycles. The second-order valence-corrected chi connectivity index (χ2v) is 7.65. The first-order valence-electron chi connectivity index (χ1n) is 8.63. The third kappa shape index (κ3) is 3.58. The predicted molar refractivity (Wildman–Crippen MR) is 107 cm³/mol. The van der Waals surface area contributed by atoms with Crippen LogP contribution in [0.15, 0.2) is 52.4 Å². The Bertz CT molecular complexity index is 1040. The van der Waals surface area contributed by atoms with Crippen LogP contribution in [-0.2, 0) is 0 Å². The lowest BCUT2D eigenvalue weighted by Gasteiger charge is -2.16. The summed E-state index contributed by atoms with van der Waals surface area (Å²) < 4.78 is 1.67. The molecule has 26 heavy (non-hydrogen) atoms. The van der Waals surface area contributed by atoms with Gasteiger partial charge in [-0.2, -0.15) is 0 Å². The molecule has 134 valence electrons. The van der Waals surface area contributed by atoms with E-state index >= 15 is 0 Å². The Morgan fingerprint density at radius 1 is 1.15 bits per heavy atom. The molecule has 1 aromatic heterocycles. The topological polar surface area (TPSA) is 52.0 Å². The quantitative estimate of drug-likeness (QED) is 0.377. The summed E-state index contributed by atoms with van der Waals surface area (Å²) >= 11 is 1.32. The highest BCUT2D eigenvalue weighted by molar-refractivity contribution is 7.99. The number of benzene rings is 2. The van der Waals surface area contributed by atoms with Crippen LogP contribution in [0.1, 0.15) is 41.4 Å². The highest BCUT2D eigenvalue weighted by Gasteiger charge is 2.16. The number of hydrogen-bond donors (Lipinski definition) is 0. The number of Topliss-reactive ketones (excluding diaryl/α,β-unsaturated/α-hetero) is 1. The van der Waals surface area contributed by atoms with Crippen molar-refractivity contribution in [2.24, 2.45) is 0 Å². The Hall–Kier alpha value is -2.40. The number of hydrogen-bond acceptors (Lipinski definition) is 4. The van der Waals surface area contributed by atoms with E-state index in [9.17, 15) is 9.59 Å². The maximum absolute atomic E-state index is 12.8. The number of fused-ring (bicyclic) bond motifs is 1. The predicted octanol–water partition coefficient (Wildman–Crippen LogP) is 4.57. The molecule has 0 spiro atoms. The Morgan fingerprint density at radius 3 is 2.58 bits per heavy atom. The number of carbonyl (C=O) groups excluding carboxylic acids is 1. The van der Waals surface area contributed by atoms with Crippen LogP contribution in [-0.4, -0.2) is 21.1 Å². The fourth-order valence-electron chi connectivity index (χ4n) is 3.02. The Morgan fingerprint density at radius 2 is 1.88 bits per heavy atom. The molecular formula is C21H22N2O2S. The Kier molecular flexibility index (Phi) is 5.28. The fraction of sp³-hybridized carbons (Fsp3) is 0.286. The molecule has 5 heteroatoms. The molecule has 0 aliphatic heterocycles. The molecule has 0 saturated carbocycles. The first-order valence-corrected chi connectivity index (χ1v) is 9.61. The van der Waals surface area contributed by atoms with Gasteiger partial charge in [0.25, 0.3) is 5.56 Å². The van der Waals surface area contributed by atoms with Gasteiger partial charge in [-0.05, 0) is 45.4 Å². The minimum absolute atomic E-state index is 0.0293. The highest BCUT2D eigenvalue weighted by atomic mass is 32.2. The van der Waals surface area contributed by atoms with E-state index in [-0.39, 0.29) is 23.1 Å². The van der Waals surface area contributed by atoms with Crippen LogP contribution < -0.4 is 5.56 Å². The summed E-state index contributed by atoms with van der Waals surface area (Å²) in [6.45, 7) is 7.86. The van der Waals surface area contributed by atoms with Crippen molar-refractivity contribution in [2.75, 3.05) is 5.75 Å². The van der Waals surface area contributed by atoms with Crippen molar-refractivity contribution < 1.29 is 4.79 Å². The normalized spacial score (nSPS) is 11.3. The third-order valence-electron chi connectivity index (χ3n) is 4.31. The van der Waals surface area contributed by atoms with Crippen LogP contribution in [0.25, 0.3) is 10.9 Å². The minimum Gasteiger partial charge on any atom is -0.293 e. The number of para-hydroxylation sites is 1. The Labute approximate surface area is 157 Å². The molecule has 0 radical (unpaired) electrons. The SMILES string of the molecule is Cc1ccc(C(=O)CSc2nc3ccccc3c(=O)n2C(C)C)c(C)c1. The van der Waals surface area contributed by atoms with E-state index in [1.54, 1.807) is 10.6 Å². The molecule has 1 heterocycles. The molecule has 0 aliphatic carbocycles. The monoisotopic (exact) mass is 366 g/mol. The Balaban J connectivity index is 1.94. The molecular weight excluding hydrogens is 344 g/mol. The number of carbonyl (C=O) groups is 1. The third-order valence-corrected chi connectivity index (χ3v) is 5.26. The van der Waals surface area contributed by atoms with Gasteiger partial charge in [0.15, 0.2) is 10.9 Å². The zero-order valence-corrected chi connectivity index (χ0v) is 16.3. The second-order valence-electron chi connectivity index (χ2n) is 6.71. The number of aromatic nitrogens is 2. The number of nitrogens with zero attached hydrogens (tertiary/aromatic N) is 2. The summed E-state index contributed by atoms with van der Waals surface area (Å²) in [5.41, 5.74) is 3.44. The van der Waals surface area contributed by atoms with Gasteiger partial charge in [-0.1, -0.05) is 47.7 Å². The fourth-order valence-corrected chi connectivity index (χ4v) is 4.03. The van der Waals surface area contributed by atoms with Crippen LogP contribution in [0.4, 0.5) is 0 Å². The average Bonchev–Trinajstić information content (AvgIpc) is 2.59. The number of ketones is 1. The second kappa shape index (κ2) is 7.46. The number of rotatable bonds is 5. The minimum atomic E-state index is -0.0629. The molecule has 2 aromatic carbocycles. The lowest BCUT2D eigenvalue weighted by Crippen LogP contribution is -2.25. The smallest absolute Gasteiger partial charge is 0.262 e. The van der Waals surface area contributed by atoms with E-state index in [1.165, 1.54) is 11.8 Å². The van der Waals surface area contributed by atoms with Crippen molar-refractivity contribution in [1.82, 2.24) is 9.55 Å². The first-order chi connectivity index (χ1) is 12.4. The molecule has 0 unspecified atom stereocenters. The van der Waals surface area contributed by atoms with Gasteiger partial charge in [-0.3, -0.25) is 14.2 Å². The van der Waals surface area contributed by atoms with Gasteiger partial charge in [0.2, 0.25) is 0 Å². The van der Waals surface area contributed by atoms with Gasteiger partial charge < -0.3 is 0 Å². The van der Waals surface area contributed by atoms with Crippen molar-refractivity contribution in [1.29, 1.82) is 0 Å². The van der Waals surface area contributed by atoms with Crippen LogP contribution in [0, 0.1) is 13.8 Å². The molecule has 3 aromatic rings. The van der Waals surface area contributed by atoms with Gasteiger partial charge in [0.05, 0.1) is 16.7 Å². The van der Waals surface area contributed by atoms with Gasteiger partial charge in [-0.25, -0.2) is 4.98 Å². The van der Waals surface area contributed by atoms with Gasteiger partial charge in [0.1, 0.15) is 0 Å². The molecule has 0 N–H and O–H groups in total. The summed E-state index contributed by atoms with van der Waals surface area (Å²) in [7, 11) is 0. The van der Waals surface area contributed by atoms with Crippen molar-refractivity contribution in [2.45, 2.75) is 38.9 Å². The lowest BCUT2D eigenvalue weighted by molar-refractivity contribution is 0.102. The van der Waals surface area contributed by atoms with Gasteiger partial charge in [-0.15, -0.1) is 0 Å². The van der Waals surface area contributed by atoms with E-state index in [0.29, 0.717) is 16.1 Å². The lowest BCUT2D eigenvalue weighted by atomic mass is 10.0. The molecule has 0 aliphatic rings. The van der Waals surface area contributed by atoms with Crippen LogP contribution in [0.5, 0.6) is 0 Å². The maximum Gasteiger partial charge on any atom is 0.262 e. The van der Waals surface area contributed by atoms with E-state index in [0.717, 1.165) is 16.7 Å². The number of aryl methyl sites for hydroxylation is 2. The molecule has 4 nitrogen and oxygen atoms in total. The summed E-state index contributed by atoms with van der Waals surface area (Å²) in [6, 6.07) is 13.1. The van der Waals surface area contributed by atoms with Crippen LogP contribution >= 0.6 is 11.8 Å². The van der Waals surface area contributed by atoms with E-state index in [2.05, 4.69) is 4.98 Å². The van der Waals surface area contributed by atoms with Crippen molar-refractivity contribution in [3.8, 4) is 0 Å². The zero-order valence-electron chi connectivity index (χ0n) is 15.4. The van der Waals surface area contributed by atoms with E-state index in [1.807, 2.05) is 64.1 Å². The van der Waals surface area contributed by atoms with Crippen molar-refractivity contribution >= 4 is 28.4 Å². The van der Waals surface area contributed by atoms with Gasteiger partial charge >= 0.3 is 0 Å². The molecule has 0 bridgehead atoms. The molecule has 0 fully saturated rings. The molecule has 3 rings (SSSR count). The first kappa shape index (κ1) is 18.4. The number of thioether (sulfide) groups is 1. The van der Waals surface area contributed by atoms with Crippen molar-refractivity contribution in [3.63, 3.8) is 0 Å². The van der Waals surface area contributed by atoms with E-state index in [4.69, 9.17) is 0 Å². The standard InChI is InChI=1S/C21H22N2O2S/c1-13(2)23-20(25)17-7-5-6-8-18(17)22-21(23)26-12-19(24)16-10-9-14(3)11-15(16)4/h5-11,13H,12H2,1-4H3. The summed E-state index contributed by atoms with van der Waals surface area (Å²) in [6.07, 6.45) is 0. The molecule has 0 atom stereocenters. The van der Waals surface area contributed by atoms with Gasteiger partial charge in [0, 0.05) is 11.6 Å². The zero-order chi connectivity index (χ0) is 18.8. The summed E-state index contributed by atoms with van der Waals surface area (Å²) in [5.74, 6) is 0.298. The van der Waals surface area contributed by atoms with E-state index < -0.39 is 0 Å². The maximum atomic E-state index is 12.8.